The molecule has 0 saturated carbocycles. The minimum atomic E-state index is -2.02. The third-order valence-electron chi connectivity index (χ3n) is 5.98. The molecule has 1 rings (SSSR count). The molecule has 0 heterocycles. The number of nitrogens with one attached hydrogen (secondary N) is 1. The van der Waals surface area contributed by atoms with Crippen molar-refractivity contribution >= 4 is 27.7 Å². The maximum absolute atomic E-state index is 12.3. The van der Waals surface area contributed by atoms with Crippen LogP contribution in [0.4, 0.5) is 0 Å². The molecule has 234 valence electrons. The molecule has 1 aromatic carbocycles. The topological polar surface area (TPSA) is 159 Å². The largest absolute Gasteiger partial charge is 0.452 e. The van der Waals surface area contributed by atoms with Crippen LogP contribution in [0.15, 0.2) is 29.4 Å². The maximum atomic E-state index is 12.3. The molecule has 0 fully saturated rings. The summed E-state index contributed by atoms with van der Waals surface area (Å²) in [6.45, 7) is 15.0. The Morgan fingerprint density at radius 1 is 0.854 bits per heavy atom. The SMILES string of the molecule is C[Si](C)(CCCN)O[Si](C)(C)c1ccc(CC(=O)NCCOCCOCCOCCOCCOCCN=[N+]=[N-])cc1. The molecule has 0 aliphatic carbocycles. The fourth-order valence-corrected chi connectivity index (χ4v) is 12.4. The number of hydrogen-bond donors (Lipinski definition) is 2. The maximum Gasteiger partial charge on any atom is 0.224 e. The quantitative estimate of drug-likeness (QED) is 0.0530. The van der Waals surface area contributed by atoms with Gasteiger partial charge >= 0.3 is 0 Å². The van der Waals surface area contributed by atoms with Crippen molar-refractivity contribution in [3.8, 4) is 0 Å². The van der Waals surface area contributed by atoms with Crippen molar-refractivity contribution in [2.24, 2.45) is 10.8 Å². The van der Waals surface area contributed by atoms with Gasteiger partial charge < -0.3 is 38.8 Å². The van der Waals surface area contributed by atoms with Gasteiger partial charge in [-0.1, -0.05) is 29.4 Å². The summed E-state index contributed by atoms with van der Waals surface area (Å²) < 4.78 is 33.7. The van der Waals surface area contributed by atoms with Crippen molar-refractivity contribution in [2.45, 2.75) is 45.1 Å². The number of benzene rings is 1. The first-order valence-electron chi connectivity index (χ1n) is 14.4. The van der Waals surface area contributed by atoms with Crippen LogP contribution in [0.3, 0.4) is 0 Å². The molecule has 1 amide bonds. The molecule has 0 atom stereocenters. The lowest BCUT2D eigenvalue weighted by Gasteiger charge is -2.34. The molecule has 14 heteroatoms. The second-order valence-electron chi connectivity index (χ2n) is 10.5. The Morgan fingerprint density at radius 3 is 1.88 bits per heavy atom. The lowest BCUT2D eigenvalue weighted by Crippen LogP contribution is -2.52. The van der Waals surface area contributed by atoms with Crippen molar-refractivity contribution in [1.29, 1.82) is 0 Å². The number of carbonyl (C=O) groups is 1. The van der Waals surface area contributed by atoms with Gasteiger partial charge in [0.2, 0.25) is 14.2 Å². The van der Waals surface area contributed by atoms with Crippen molar-refractivity contribution < 1.29 is 32.6 Å². The van der Waals surface area contributed by atoms with Crippen LogP contribution < -0.4 is 16.2 Å². The molecule has 0 radical (unpaired) electrons. The Hall–Kier alpha value is -1.85. The van der Waals surface area contributed by atoms with Crippen LogP contribution in [-0.2, 0) is 39.0 Å². The summed E-state index contributed by atoms with van der Waals surface area (Å²) in [5, 5.41) is 7.51. The standard InChI is InChI=1S/C27H51N5O7Si2/c1-40(2,23-5-10-28)39-41(3,4)26-8-6-25(7-9-26)24-27(33)30-11-13-34-15-17-36-19-21-38-22-20-37-18-16-35-14-12-31-32-29/h6-9H,5,10-24,28H2,1-4H3,(H,30,33). The van der Waals surface area contributed by atoms with Gasteiger partial charge in [-0.3, -0.25) is 4.79 Å². The number of nitrogens with zero attached hydrogens (tertiary/aromatic N) is 3. The molecule has 0 aliphatic heterocycles. The highest BCUT2D eigenvalue weighted by molar-refractivity contribution is 6.92. The highest BCUT2D eigenvalue weighted by atomic mass is 28.4. The first-order chi connectivity index (χ1) is 19.7. The van der Waals surface area contributed by atoms with Gasteiger partial charge in [0, 0.05) is 18.0 Å². The Balaban J connectivity index is 2.03. The van der Waals surface area contributed by atoms with Gasteiger partial charge in [-0.15, -0.1) is 0 Å². The van der Waals surface area contributed by atoms with Crippen molar-refractivity contribution in [1.82, 2.24) is 5.32 Å². The van der Waals surface area contributed by atoms with E-state index in [1.807, 2.05) is 12.1 Å². The predicted molar refractivity (Wildman–Crippen MR) is 165 cm³/mol. The van der Waals surface area contributed by atoms with E-state index in [1.165, 1.54) is 5.19 Å². The third kappa shape index (κ3) is 19.8. The zero-order valence-corrected chi connectivity index (χ0v) is 27.4. The smallest absolute Gasteiger partial charge is 0.224 e. The van der Waals surface area contributed by atoms with E-state index in [0.29, 0.717) is 92.1 Å². The average Bonchev–Trinajstić information content (AvgIpc) is 2.93. The number of rotatable bonds is 26. The summed E-state index contributed by atoms with van der Waals surface area (Å²) in [7, 11) is -3.77. The van der Waals surface area contributed by atoms with E-state index in [9.17, 15) is 4.79 Å². The van der Waals surface area contributed by atoms with E-state index in [1.54, 1.807) is 0 Å². The van der Waals surface area contributed by atoms with Crippen LogP contribution >= 0.6 is 0 Å². The predicted octanol–water partition coefficient (Wildman–Crippen LogP) is 2.72. The number of azide groups is 1. The average molecular weight is 614 g/mol. The molecule has 0 aromatic heterocycles. The number of hydrogen-bond acceptors (Lipinski definition) is 9. The normalized spacial score (nSPS) is 11.8. The second kappa shape index (κ2) is 22.7. The Kier molecular flexibility index (Phi) is 20.6. The van der Waals surface area contributed by atoms with E-state index in [-0.39, 0.29) is 5.91 Å². The lowest BCUT2D eigenvalue weighted by atomic mass is 10.1. The van der Waals surface area contributed by atoms with Crippen LogP contribution in [0.2, 0.25) is 32.2 Å². The number of carbonyl (C=O) groups excluding carboxylic acids is 1. The fraction of sp³-hybridized carbons (Fsp3) is 0.741. The summed E-state index contributed by atoms with van der Waals surface area (Å²) in [4.78, 5) is 15.0. The monoisotopic (exact) mass is 613 g/mol. The highest BCUT2D eigenvalue weighted by Crippen LogP contribution is 2.20. The molecule has 3 N–H and O–H groups in total. The Bertz CT molecular complexity index is 872. The highest BCUT2D eigenvalue weighted by Gasteiger charge is 2.34. The summed E-state index contributed by atoms with van der Waals surface area (Å²) in [5.74, 6) is -0.0281. The molecule has 0 spiro atoms. The summed E-state index contributed by atoms with van der Waals surface area (Å²) >= 11 is 0. The van der Waals surface area contributed by atoms with E-state index < -0.39 is 16.6 Å². The van der Waals surface area contributed by atoms with Gasteiger partial charge in [0.1, 0.15) is 0 Å². The van der Waals surface area contributed by atoms with Crippen molar-refractivity contribution in [2.75, 3.05) is 85.7 Å². The van der Waals surface area contributed by atoms with Gasteiger partial charge in [-0.2, -0.15) is 0 Å². The van der Waals surface area contributed by atoms with Crippen LogP contribution in [0, 0.1) is 0 Å². The summed E-state index contributed by atoms with van der Waals surface area (Å²) in [6, 6.07) is 9.35. The summed E-state index contributed by atoms with van der Waals surface area (Å²) in [6.07, 6.45) is 1.34. The van der Waals surface area contributed by atoms with Gasteiger partial charge in [0.25, 0.3) is 0 Å². The zero-order valence-electron chi connectivity index (χ0n) is 25.4. The van der Waals surface area contributed by atoms with Crippen molar-refractivity contribution in [3.63, 3.8) is 0 Å². The molecular formula is C27H51N5O7Si2. The lowest BCUT2D eigenvalue weighted by molar-refractivity contribution is -0.120. The molecule has 41 heavy (non-hydrogen) atoms. The molecule has 0 saturated heterocycles. The van der Waals surface area contributed by atoms with Gasteiger partial charge in [-0.05, 0) is 61.5 Å². The summed E-state index contributed by atoms with van der Waals surface area (Å²) in [5.41, 5.74) is 14.8. The zero-order chi connectivity index (χ0) is 30.2. The molecule has 1 aromatic rings. The molecule has 0 unspecified atom stereocenters. The first-order valence-corrected chi connectivity index (χ1v) is 20.4. The molecule has 12 nitrogen and oxygen atoms in total. The Morgan fingerprint density at radius 2 is 1.37 bits per heavy atom. The first kappa shape index (κ1) is 37.2. The second-order valence-corrected chi connectivity index (χ2v) is 18.9. The van der Waals surface area contributed by atoms with Crippen LogP contribution in [0.1, 0.15) is 12.0 Å². The van der Waals surface area contributed by atoms with Crippen molar-refractivity contribution in [3.05, 3.63) is 40.3 Å². The van der Waals surface area contributed by atoms with E-state index >= 15 is 0 Å². The molecule has 0 bridgehead atoms. The van der Waals surface area contributed by atoms with Crippen LogP contribution in [0.25, 0.3) is 10.4 Å². The van der Waals surface area contributed by atoms with Crippen LogP contribution in [0.5, 0.6) is 0 Å². The van der Waals surface area contributed by atoms with E-state index in [0.717, 1.165) is 18.0 Å². The number of nitrogens with two attached hydrogens (primary N) is 1. The minimum Gasteiger partial charge on any atom is -0.452 e. The van der Waals surface area contributed by atoms with Gasteiger partial charge in [-0.25, -0.2) is 0 Å². The molecular weight excluding hydrogens is 562 g/mol. The van der Waals surface area contributed by atoms with Gasteiger partial charge in [0.05, 0.1) is 72.5 Å². The Labute approximate surface area is 247 Å². The third-order valence-corrected chi connectivity index (χ3v) is 13.5. The van der Waals surface area contributed by atoms with Crippen LogP contribution in [-0.4, -0.2) is 108 Å². The number of ether oxygens (including phenoxy) is 5. The fourth-order valence-electron chi connectivity index (χ4n) is 3.99. The van der Waals surface area contributed by atoms with Gasteiger partial charge in [0.15, 0.2) is 8.32 Å². The number of amides is 1. The minimum absolute atomic E-state index is 0.0281. The molecule has 0 aliphatic rings. The van der Waals surface area contributed by atoms with E-state index in [2.05, 4.69) is 53.7 Å². The van der Waals surface area contributed by atoms with E-state index in [4.69, 9.17) is 39.1 Å².